The van der Waals surface area contributed by atoms with Crippen LogP contribution in [0.5, 0.6) is 11.5 Å². The number of urea groups is 1. The van der Waals surface area contributed by atoms with Crippen molar-refractivity contribution in [1.82, 2.24) is 15.1 Å². The summed E-state index contributed by atoms with van der Waals surface area (Å²) in [5.41, 5.74) is 2.25. The smallest absolute Gasteiger partial charge is 0.317 e. The molecule has 0 bridgehead atoms. The highest BCUT2D eigenvalue weighted by atomic mass is 16.8. The van der Waals surface area contributed by atoms with Crippen LogP contribution >= 0.6 is 0 Å². The molecule has 7 atom stereocenters. The fraction of sp³-hybridized carbons (Fsp3) is 0.725. The molecule has 1 saturated carbocycles. The molecule has 3 fully saturated rings. The molecule has 6 rings (SSSR count). The van der Waals surface area contributed by atoms with Crippen LogP contribution in [0.1, 0.15) is 108 Å². The van der Waals surface area contributed by atoms with Crippen LogP contribution in [-0.4, -0.2) is 112 Å². The van der Waals surface area contributed by atoms with Crippen LogP contribution in [0.2, 0.25) is 0 Å². The molecule has 1 aromatic carbocycles. The summed E-state index contributed by atoms with van der Waals surface area (Å²) < 4.78 is 12.6. The number of aliphatic hydroxyl groups excluding tert-OH is 2. The maximum absolute atomic E-state index is 14.2. The van der Waals surface area contributed by atoms with Gasteiger partial charge in [0.2, 0.25) is 18.0 Å². The van der Waals surface area contributed by atoms with Crippen molar-refractivity contribution in [1.29, 1.82) is 0 Å². The number of aromatic hydroxyl groups is 1. The lowest BCUT2D eigenvalue weighted by Gasteiger charge is -2.58. The number of phenolic OH excluding ortho intramolecular Hbond substituents is 1. The Labute approximate surface area is 313 Å². The van der Waals surface area contributed by atoms with Crippen LogP contribution in [-0.2, 0) is 14.4 Å². The lowest BCUT2D eigenvalue weighted by molar-refractivity contribution is -0.228. The predicted molar refractivity (Wildman–Crippen MR) is 198 cm³/mol. The van der Waals surface area contributed by atoms with Crippen molar-refractivity contribution < 1.29 is 44.3 Å². The fourth-order valence-electron chi connectivity index (χ4n) is 9.34. The largest absolute Gasteiger partial charge is 0.508 e. The Bertz CT molecular complexity index is 1470. The van der Waals surface area contributed by atoms with Crippen molar-refractivity contribution in [2.45, 2.75) is 121 Å². The predicted octanol–water partition coefficient (Wildman–Crippen LogP) is 4.78. The van der Waals surface area contributed by atoms with Gasteiger partial charge in [-0.15, -0.1) is 0 Å². The molecule has 3 amide bonds. The number of aliphatic hydroxyl groups is 3. The van der Waals surface area contributed by atoms with Crippen molar-refractivity contribution in [3.05, 3.63) is 35.4 Å². The second-order valence-corrected chi connectivity index (χ2v) is 15.4. The number of carbonyl (C=O) groups is 2. The van der Waals surface area contributed by atoms with Crippen LogP contribution in [0, 0.1) is 17.8 Å². The van der Waals surface area contributed by atoms with E-state index in [4.69, 9.17) is 19.5 Å². The Balaban J connectivity index is 1.40. The molecule has 0 radical (unpaired) electrons. The zero-order valence-corrected chi connectivity index (χ0v) is 31.3. The Hall–Kier alpha value is -3.39. The molecule has 13 heteroatoms. The molecule has 2 saturated heterocycles. The van der Waals surface area contributed by atoms with Crippen molar-refractivity contribution in [2.75, 3.05) is 46.0 Å². The van der Waals surface area contributed by atoms with E-state index < -0.39 is 24.0 Å². The molecule has 2 aliphatic carbocycles. The van der Waals surface area contributed by atoms with Crippen LogP contribution in [0.25, 0.3) is 0 Å². The van der Waals surface area contributed by atoms with Crippen LogP contribution in [0.15, 0.2) is 35.0 Å². The van der Waals surface area contributed by atoms with Crippen LogP contribution < -0.4 is 10.1 Å². The van der Waals surface area contributed by atoms with E-state index in [1.807, 2.05) is 11.8 Å². The number of nitrogens with one attached hydrogen (secondary N) is 1. The van der Waals surface area contributed by atoms with E-state index in [9.17, 15) is 30.0 Å². The maximum Gasteiger partial charge on any atom is 0.317 e. The third-order valence-corrected chi connectivity index (χ3v) is 11.8. The van der Waals surface area contributed by atoms with Crippen molar-refractivity contribution in [2.24, 2.45) is 22.9 Å². The van der Waals surface area contributed by atoms with Gasteiger partial charge >= 0.3 is 6.03 Å². The summed E-state index contributed by atoms with van der Waals surface area (Å²) in [5, 5.41) is 51.3. The summed E-state index contributed by atoms with van der Waals surface area (Å²) in [6.45, 7) is 4.83. The van der Waals surface area contributed by atoms with Gasteiger partial charge in [-0.05, 0) is 93.4 Å². The van der Waals surface area contributed by atoms with Gasteiger partial charge in [0, 0.05) is 70.1 Å². The molecule has 3 heterocycles. The molecular formula is C40H60N4O9. The third kappa shape index (κ3) is 8.79. The number of nitrogens with zero attached hydrogens (tertiary/aromatic N) is 3. The van der Waals surface area contributed by atoms with E-state index >= 15 is 0 Å². The molecule has 3 aliphatic heterocycles. The first-order valence-electron chi connectivity index (χ1n) is 20.1. The first-order chi connectivity index (χ1) is 25.8. The van der Waals surface area contributed by atoms with E-state index in [1.165, 1.54) is 0 Å². The summed E-state index contributed by atoms with van der Waals surface area (Å²) in [6.07, 6.45) is 11.7. The van der Waals surface area contributed by atoms with Crippen LogP contribution in [0.4, 0.5) is 4.79 Å². The van der Waals surface area contributed by atoms with Crippen molar-refractivity contribution in [3.8, 4) is 11.5 Å². The number of hydrogen-bond donors (Lipinski definition) is 5. The Kier molecular flexibility index (Phi) is 13.6. The number of ether oxygens (including phenoxy) is 2. The SMILES string of the molecule is CCCN(C(=O)NCCCN1CCCC1=O)C1CC(=NOC2CCCCO2)C2=CC(CCCCO)C(CCCCO)C3c4cc(O)ccc4OC1(O)C23. The van der Waals surface area contributed by atoms with Crippen molar-refractivity contribution >= 4 is 17.6 Å². The van der Waals surface area contributed by atoms with E-state index in [-0.39, 0.29) is 55.1 Å². The molecule has 1 aromatic rings. The lowest BCUT2D eigenvalue weighted by Crippen LogP contribution is -2.69. The zero-order chi connectivity index (χ0) is 37.4. The number of allylic oxidation sites excluding steroid dienone is 1. The second kappa shape index (κ2) is 18.3. The maximum atomic E-state index is 14.2. The summed E-state index contributed by atoms with van der Waals surface area (Å²) in [7, 11) is 0. The number of amides is 3. The number of likely N-dealkylation sites (tertiary alicyclic amines) is 1. The van der Waals surface area contributed by atoms with Crippen molar-refractivity contribution in [3.63, 3.8) is 0 Å². The average Bonchev–Trinajstić information content (AvgIpc) is 3.57. The average molecular weight is 741 g/mol. The molecule has 5 N–H and O–H groups in total. The van der Waals surface area contributed by atoms with E-state index in [0.717, 1.165) is 69.0 Å². The highest BCUT2D eigenvalue weighted by Crippen LogP contribution is 2.60. The van der Waals surface area contributed by atoms with Crippen LogP contribution in [0.3, 0.4) is 0 Å². The number of oxime groups is 1. The van der Waals surface area contributed by atoms with E-state index in [0.29, 0.717) is 69.8 Å². The number of phenols is 1. The number of fused-ring (bicyclic) bond motifs is 2. The first-order valence-corrected chi connectivity index (χ1v) is 20.1. The number of hydrogen-bond acceptors (Lipinski definition) is 10. The minimum Gasteiger partial charge on any atom is -0.508 e. The second-order valence-electron chi connectivity index (χ2n) is 15.4. The highest BCUT2D eigenvalue weighted by molar-refractivity contribution is 6.03. The summed E-state index contributed by atoms with van der Waals surface area (Å²) in [4.78, 5) is 35.9. The molecule has 0 spiro atoms. The monoisotopic (exact) mass is 740 g/mol. The van der Waals surface area contributed by atoms with Gasteiger partial charge in [0.25, 0.3) is 0 Å². The topological polar surface area (TPSA) is 174 Å². The molecule has 5 aliphatic rings. The number of rotatable bonds is 17. The Morgan fingerprint density at radius 3 is 2.64 bits per heavy atom. The van der Waals surface area contributed by atoms with Gasteiger partial charge in [-0.25, -0.2) is 4.79 Å². The Morgan fingerprint density at radius 2 is 1.92 bits per heavy atom. The standard InChI is InChI=1S/C40H60N4O9/c1-2-18-44(39(49)41-17-10-20-43-19-9-13-35(43)48)34-26-32(42-53-36-14-5-8-23-51-36)30-24-27(11-3-6-21-45)29(12-4-7-22-46)37-31-25-28(47)15-16-33(31)52-40(34,50)38(30)37/h15-16,24-25,27,29,34,36-38,45-47,50H,2-14,17-23,26H2,1H3,(H,41,49). The first kappa shape index (κ1) is 39.3. The number of benzene rings is 1. The van der Waals surface area contributed by atoms with Gasteiger partial charge in [0.15, 0.2) is 0 Å². The number of unbranched alkanes of at least 4 members (excludes halogenated alkanes) is 2. The highest BCUT2D eigenvalue weighted by Gasteiger charge is 2.64. The van der Waals surface area contributed by atoms with Gasteiger partial charge in [-0.1, -0.05) is 31.0 Å². The molecule has 7 unspecified atom stereocenters. The Morgan fingerprint density at radius 1 is 1.11 bits per heavy atom. The fourth-order valence-corrected chi connectivity index (χ4v) is 9.34. The lowest BCUT2D eigenvalue weighted by atomic mass is 9.55. The third-order valence-electron chi connectivity index (χ3n) is 11.8. The van der Waals surface area contributed by atoms with Gasteiger partial charge in [0.1, 0.15) is 17.5 Å². The molecule has 13 nitrogen and oxygen atoms in total. The normalized spacial score (nSPS) is 30.0. The zero-order valence-electron chi connectivity index (χ0n) is 31.3. The van der Waals surface area contributed by atoms with Gasteiger partial charge in [-0.2, -0.15) is 0 Å². The summed E-state index contributed by atoms with van der Waals surface area (Å²) >= 11 is 0. The van der Waals surface area contributed by atoms with Gasteiger partial charge in [0.05, 0.1) is 18.2 Å². The molecule has 0 aromatic heterocycles. The number of carbonyl (C=O) groups excluding carboxylic acids is 2. The minimum absolute atomic E-state index is 0.00862. The van der Waals surface area contributed by atoms with E-state index in [1.54, 1.807) is 23.1 Å². The summed E-state index contributed by atoms with van der Waals surface area (Å²) in [6, 6.07) is 3.84. The van der Waals surface area contributed by atoms with Gasteiger partial charge in [-0.3, -0.25) is 4.79 Å². The van der Waals surface area contributed by atoms with E-state index in [2.05, 4.69) is 11.4 Å². The molecular weight excluding hydrogens is 680 g/mol. The molecule has 53 heavy (non-hydrogen) atoms. The van der Waals surface area contributed by atoms with Gasteiger partial charge < -0.3 is 49.9 Å². The summed E-state index contributed by atoms with van der Waals surface area (Å²) in [5.74, 6) is -2.02. The quantitative estimate of drug-likeness (QED) is 0.111. The minimum atomic E-state index is -1.85. The molecule has 294 valence electrons.